The van der Waals surface area contributed by atoms with Gasteiger partial charge in [0.15, 0.2) is 0 Å². The Hall–Kier alpha value is -1.60. The molecule has 2 unspecified atom stereocenters. The van der Waals surface area contributed by atoms with Gasteiger partial charge in [0, 0.05) is 6.04 Å². The first-order valence-corrected chi connectivity index (χ1v) is 8.15. The van der Waals surface area contributed by atoms with Crippen molar-refractivity contribution in [2.45, 2.75) is 39.7 Å². The molecule has 0 aromatic heterocycles. The van der Waals surface area contributed by atoms with Crippen molar-refractivity contribution in [3.8, 4) is 11.1 Å². The average Bonchev–Trinajstić information content (AvgIpc) is 2.56. The minimum atomic E-state index is 0.458. The fraction of sp³-hybridized carbons (Fsp3) is 0.400. The van der Waals surface area contributed by atoms with E-state index in [0.717, 1.165) is 6.54 Å². The third kappa shape index (κ3) is 4.18. The fourth-order valence-corrected chi connectivity index (χ4v) is 2.70. The van der Waals surface area contributed by atoms with Crippen LogP contribution < -0.4 is 5.32 Å². The molecule has 0 fully saturated rings. The highest BCUT2D eigenvalue weighted by Crippen LogP contribution is 2.27. The molecule has 0 aliphatic heterocycles. The molecule has 0 heterocycles. The van der Waals surface area contributed by atoms with E-state index in [1.165, 1.54) is 29.5 Å². The van der Waals surface area contributed by atoms with Crippen LogP contribution in [0.25, 0.3) is 11.1 Å². The quantitative estimate of drug-likeness (QED) is 0.712. The van der Waals surface area contributed by atoms with Crippen molar-refractivity contribution >= 4 is 0 Å². The number of rotatable bonds is 7. The van der Waals surface area contributed by atoms with Crippen LogP contribution in [0.15, 0.2) is 54.6 Å². The highest BCUT2D eigenvalue weighted by molar-refractivity contribution is 5.63. The summed E-state index contributed by atoms with van der Waals surface area (Å²) in [6.45, 7) is 7.90. The van der Waals surface area contributed by atoms with Crippen LogP contribution in [-0.2, 0) is 0 Å². The molecule has 0 bridgehead atoms. The van der Waals surface area contributed by atoms with Gasteiger partial charge in [0.1, 0.15) is 0 Å². The van der Waals surface area contributed by atoms with E-state index in [2.05, 4.69) is 80.7 Å². The molecule has 0 saturated heterocycles. The molecule has 2 aromatic carbocycles. The minimum Gasteiger partial charge on any atom is -0.310 e. The summed E-state index contributed by atoms with van der Waals surface area (Å²) >= 11 is 0. The largest absolute Gasteiger partial charge is 0.310 e. The maximum absolute atomic E-state index is 3.70. The zero-order valence-corrected chi connectivity index (χ0v) is 13.5. The van der Waals surface area contributed by atoms with Gasteiger partial charge in [-0.2, -0.15) is 0 Å². The van der Waals surface area contributed by atoms with Gasteiger partial charge in [-0.25, -0.2) is 0 Å². The Balaban J connectivity index is 2.19. The van der Waals surface area contributed by atoms with Crippen molar-refractivity contribution in [2.24, 2.45) is 5.92 Å². The second kappa shape index (κ2) is 7.99. The van der Waals surface area contributed by atoms with Gasteiger partial charge in [-0.05, 0) is 35.6 Å². The molecule has 1 heteroatoms. The summed E-state index contributed by atoms with van der Waals surface area (Å²) in [6.07, 6.45) is 2.37. The van der Waals surface area contributed by atoms with Gasteiger partial charge in [0.2, 0.25) is 0 Å². The maximum atomic E-state index is 3.70. The summed E-state index contributed by atoms with van der Waals surface area (Å²) in [5.74, 6) is 0.652. The van der Waals surface area contributed by atoms with E-state index in [-0.39, 0.29) is 0 Å². The smallest absolute Gasteiger partial charge is 0.0345 e. The zero-order chi connectivity index (χ0) is 15.1. The molecule has 1 nitrogen and oxygen atoms in total. The number of hydrogen-bond acceptors (Lipinski definition) is 1. The highest BCUT2D eigenvalue weighted by atomic mass is 14.9. The molecule has 0 aliphatic carbocycles. The molecular weight excluding hydrogens is 254 g/mol. The lowest BCUT2D eigenvalue weighted by atomic mass is 9.91. The van der Waals surface area contributed by atoms with Gasteiger partial charge in [0.05, 0.1) is 0 Å². The SMILES string of the molecule is CCCNC(c1ccc(-c2ccccc2)cc1)C(C)CC. The molecule has 0 saturated carbocycles. The van der Waals surface area contributed by atoms with E-state index in [1.807, 2.05) is 0 Å². The van der Waals surface area contributed by atoms with Crippen LogP contribution in [0.5, 0.6) is 0 Å². The van der Waals surface area contributed by atoms with Crippen LogP contribution >= 0.6 is 0 Å². The van der Waals surface area contributed by atoms with E-state index in [9.17, 15) is 0 Å². The first kappa shape index (κ1) is 15.8. The summed E-state index contributed by atoms with van der Waals surface area (Å²) in [5, 5.41) is 3.70. The summed E-state index contributed by atoms with van der Waals surface area (Å²) in [6, 6.07) is 20.1. The molecule has 2 atom stereocenters. The summed E-state index contributed by atoms with van der Waals surface area (Å²) in [5.41, 5.74) is 3.97. The standard InChI is InChI=1S/C20H27N/c1-4-15-21-20(16(3)5-2)19-13-11-18(12-14-19)17-9-7-6-8-10-17/h6-14,16,20-21H,4-5,15H2,1-3H3. The van der Waals surface area contributed by atoms with E-state index in [0.29, 0.717) is 12.0 Å². The molecular formula is C20H27N. The molecule has 2 rings (SSSR count). The number of nitrogens with one attached hydrogen (secondary N) is 1. The zero-order valence-electron chi connectivity index (χ0n) is 13.5. The Bertz CT molecular complexity index is 515. The number of hydrogen-bond donors (Lipinski definition) is 1. The summed E-state index contributed by atoms with van der Waals surface area (Å²) in [7, 11) is 0. The Morgan fingerprint density at radius 1 is 0.857 bits per heavy atom. The average molecular weight is 281 g/mol. The van der Waals surface area contributed by atoms with Gasteiger partial charge in [-0.3, -0.25) is 0 Å². The second-order valence-electron chi connectivity index (χ2n) is 5.81. The third-order valence-corrected chi connectivity index (χ3v) is 4.20. The lowest BCUT2D eigenvalue weighted by Crippen LogP contribution is -2.27. The van der Waals surface area contributed by atoms with Crippen molar-refractivity contribution < 1.29 is 0 Å². The fourth-order valence-electron chi connectivity index (χ4n) is 2.70. The second-order valence-corrected chi connectivity index (χ2v) is 5.81. The third-order valence-electron chi connectivity index (χ3n) is 4.20. The van der Waals surface area contributed by atoms with E-state index < -0.39 is 0 Å². The van der Waals surface area contributed by atoms with Crippen molar-refractivity contribution in [3.63, 3.8) is 0 Å². The van der Waals surface area contributed by atoms with Gasteiger partial charge >= 0.3 is 0 Å². The van der Waals surface area contributed by atoms with Gasteiger partial charge < -0.3 is 5.32 Å². The Morgan fingerprint density at radius 3 is 2.05 bits per heavy atom. The van der Waals surface area contributed by atoms with E-state index in [1.54, 1.807) is 0 Å². The molecule has 0 radical (unpaired) electrons. The lowest BCUT2D eigenvalue weighted by Gasteiger charge is -2.25. The predicted octanol–water partition coefficient (Wildman–Crippen LogP) is 5.44. The highest BCUT2D eigenvalue weighted by Gasteiger charge is 2.16. The number of benzene rings is 2. The summed E-state index contributed by atoms with van der Waals surface area (Å²) < 4.78 is 0. The van der Waals surface area contributed by atoms with Crippen LogP contribution in [0.1, 0.15) is 45.2 Å². The minimum absolute atomic E-state index is 0.458. The topological polar surface area (TPSA) is 12.0 Å². The Kier molecular flexibility index (Phi) is 6.01. The van der Waals surface area contributed by atoms with Crippen LogP contribution in [0.4, 0.5) is 0 Å². The molecule has 0 aliphatic rings. The van der Waals surface area contributed by atoms with Gasteiger partial charge in [-0.15, -0.1) is 0 Å². The normalized spacial score (nSPS) is 13.9. The van der Waals surface area contributed by atoms with Crippen molar-refractivity contribution in [1.29, 1.82) is 0 Å². The molecule has 21 heavy (non-hydrogen) atoms. The predicted molar refractivity (Wildman–Crippen MR) is 92.4 cm³/mol. The molecule has 112 valence electrons. The van der Waals surface area contributed by atoms with E-state index in [4.69, 9.17) is 0 Å². The molecule has 2 aromatic rings. The first-order chi connectivity index (χ1) is 10.3. The molecule has 1 N–H and O–H groups in total. The van der Waals surface area contributed by atoms with E-state index >= 15 is 0 Å². The maximum Gasteiger partial charge on any atom is 0.0345 e. The van der Waals surface area contributed by atoms with Crippen molar-refractivity contribution in [2.75, 3.05) is 6.54 Å². The van der Waals surface area contributed by atoms with Crippen LogP contribution in [0, 0.1) is 5.92 Å². The van der Waals surface area contributed by atoms with Gasteiger partial charge in [-0.1, -0.05) is 81.8 Å². The molecule has 0 spiro atoms. The van der Waals surface area contributed by atoms with Crippen LogP contribution in [-0.4, -0.2) is 6.54 Å². The monoisotopic (exact) mass is 281 g/mol. The van der Waals surface area contributed by atoms with Crippen molar-refractivity contribution in [1.82, 2.24) is 5.32 Å². The Labute approximate surface area is 129 Å². The lowest BCUT2D eigenvalue weighted by molar-refractivity contribution is 0.377. The van der Waals surface area contributed by atoms with Crippen molar-refractivity contribution in [3.05, 3.63) is 60.2 Å². The molecule has 0 amide bonds. The van der Waals surface area contributed by atoms with Crippen LogP contribution in [0.3, 0.4) is 0 Å². The first-order valence-electron chi connectivity index (χ1n) is 8.15. The Morgan fingerprint density at radius 2 is 1.48 bits per heavy atom. The summed E-state index contributed by atoms with van der Waals surface area (Å²) in [4.78, 5) is 0. The van der Waals surface area contributed by atoms with Gasteiger partial charge in [0.25, 0.3) is 0 Å². The van der Waals surface area contributed by atoms with Crippen LogP contribution in [0.2, 0.25) is 0 Å².